The minimum absolute atomic E-state index is 0.194. The Morgan fingerprint density at radius 2 is 2.08 bits per heavy atom. The lowest BCUT2D eigenvalue weighted by molar-refractivity contribution is 0.0169. The standard InChI is InChI=1S/C18H21F2N3O/c1-6-12-9-13(18(5,19)20)10-23-16(12)22-15(11(4)17(23)24)14(7-2)21-8-3/h7-10H,6H2,1-5H3/b14-7-,21-8?. The third-order valence-electron chi connectivity index (χ3n) is 3.90. The molecule has 2 aromatic rings. The summed E-state index contributed by atoms with van der Waals surface area (Å²) in [5.74, 6) is -3.02. The van der Waals surface area contributed by atoms with Crippen LogP contribution in [0.4, 0.5) is 8.78 Å². The SMILES string of the molecule is CC=N/C(=C\C)c1nc2c(CC)cc(C(C)(F)F)cn2c(=O)c1C. The Labute approximate surface area is 139 Å². The van der Waals surface area contributed by atoms with Gasteiger partial charge in [0.1, 0.15) is 5.65 Å². The van der Waals surface area contributed by atoms with Crippen molar-refractivity contribution in [1.82, 2.24) is 9.38 Å². The Morgan fingerprint density at radius 3 is 2.58 bits per heavy atom. The highest BCUT2D eigenvalue weighted by Gasteiger charge is 2.26. The van der Waals surface area contributed by atoms with Crippen LogP contribution in [0.1, 0.15) is 50.1 Å². The van der Waals surface area contributed by atoms with Gasteiger partial charge in [0.2, 0.25) is 0 Å². The smallest absolute Gasteiger partial charge is 0.269 e. The molecule has 6 heteroatoms. The van der Waals surface area contributed by atoms with Gasteiger partial charge in [0.05, 0.1) is 11.4 Å². The van der Waals surface area contributed by atoms with Crippen molar-refractivity contribution >= 4 is 17.6 Å². The largest absolute Gasteiger partial charge is 0.271 e. The maximum absolute atomic E-state index is 13.7. The minimum atomic E-state index is -3.02. The van der Waals surface area contributed by atoms with Crippen molar-refractivity contribution in [3.63, 3.8) is 0 Å². The molecule has 0 saturated heterocycles. The summed E-state index contributed by atoms with van der Waals surface area (Å²) in [6.07, 6.45) is 5.06. The lowest BCUT2D eigenvalue weighted by Crippen LogP contribution is -2.23. The zero-order valence-corrected chi connectivity index (χ0v) is 14.5. The van der Waals surface area contributed by atoms with E-state index < -0.39 is 5.92 Å². The number of aryl methyl sites for hydroxylation is 1. The van der Waals surface area contributed by atoms with E-state index in [-0.39, 0.29) is 11.1 Å². The zero-order valence-electron chi connectivity index (χ0n) is 14.5. The van der Waals surface area contributed by atoms with Gasteiger partial charge < -0.3 is 0 Å². The average molecular weight is 333 g/mol. The number of alkyl halides is 2. The molecule has 0 bridgehead atoms. The van der Waals surface area contributed by atoms with Crippen molar-refractivity contribution in [2.45, 2.75) is 47.0 Å². The van der Waals surface area contributed by atoms with Crippen molar-refractivity contribution in [2.24, 2.45) is 4.99 Å². The van der Waals surface area contributed by atoms with Crippen molar-refractivity contribution < 1.29 is 8.78 Å². The fourth-order valence-electron chi connectivity index (χ4n) is 2.56. The number of hydrogen-bond donors (Lipinski definition) is 0. The third kappa shape index (κ3) is 3.13. The van der Waals surface area contributed by atoms with Gasteiger partial charge in [0.25, 0.3) is 11.5 Å². The number of rotatable bonds is 4. The fraction of sp³-hybridized carbons (Fsp3) is 0.389. The van der Waals surface area contributed by atoms with E-state index in [1.54, 1.807) is 26.1 Å². The van der Waals surface area contributed by atoms with E-state index in [1.807, 2.05) is 13.8 Å². The Hall–Kier alpha value is -2.37. The second-order valence-corrected chi connectivity index (χ2v) is 5.64. The Balaban J connectivity index is 2.92. The molecule has 0 radical (unpaired) electrons. The van der Waals surface area contributed by atoms with E-state index in [0.29, 0.717) is 34.6 Å². The van der Waals surface area contributed by atoms with Gasteiger partial charge in [-0.05, 0) is 38.8 Å². The second-order valence-electron chi connectivity index (χ2n) is 5.64. The molecule has 0 fully saturated rings. The number of allylic oxidation sites excluding steroid dienone is 1. The van der Waals surface area contributed by atoms with Gasteiger partial charge in [-0.3, -0.25) is 14.2 Å². The summed E-state index contributed by atoms with van der Waals surface area (Å²) in [5.41, 5.74) is 1.88. The molecule has 0 amide bonds. The molecule has 24 heavy (non-hydrogen) atoms. The summed E-state index contributed by atoms with van der Waals surface area (Å²) in [4.78, 5) is 21.5. The monoisotopic (exact) mass is 333 g/mol. The average Bonchev–Trinajstić information content (AvgIpc) is 2.54. The highest BCUT2D eigenvalue weighted by Crippen LogP contribution is 2.29. The Kier molecular flexibility index (Phi) is 4.96. The summed E-state index contributed by atoms with van der Waals surface area (Å²) in [6.45, 7) is 7.89. The van der Waals surface area contributed by atoms with Gasteiger partial charge in [-0.25, -0.2) is 13.8 Å². The summed E-state index contributed by atoms with van der Waals surface area (Å²) >= 11 is 0. The molecule has 0 saturated carbocycles. The van der Waals surface area contributed by atoms with Crippen molar-refractivity contribution in [3.05, 3.63) is 51.1 Å². The van der Waals surface area contributed by atoms with Crippen LogP contribution in [0, 0.1) is 6.92 Å². The number of fused-ring (bicyclic) bond motifs is 1. The van der Waals surface area contributed by atoms with Gasteiger partial charge in [0.15, 0.2) is 0 Å². The van der Waals surface area contributed by atoms with Crippen molar-refractivity contribution in [1.29, 1.82) is 0 Å². The first-order chi connectivity index (χ1) is 11.2. The lowest BCUT2D eigenvalue weighted by Gasteiger charge is -2.16. The van der Waals surface area contributed by atoms with Crippen molar-refractivity contribution in [2.75, 3.05) is 0 Å². The molecule has 2 heterocycles. The molecule has 0 spiro atoms. The first-order valence-corrected chi connectivity index (χ1v) is 7.84. The number of halogens is 2. The van der Waals surface area contributed by atoms with Crippen LogP contribution in [0.3, 0.4) is 0 Å². The summed E-state index contributed by atoms with van der Waals surface area (Å²) in [6, 6.07) is 1.42. The van der Waals surface area contributed by atoms with Crippen LogP contribution in [-0.4, -0.2) is 15.6 Å². The molecule has 0 atom stereocenters. The van der Waals surface area contributed by atoms with Gasteiger partial charge >= 0.3 is 0 Å². The molecule has 0 unspecified atom stereocenters. The van der Waals surface area contributed by atoms with E-state index >= 15 is 0 Å². The quantitative estimate of drug-likeness (QED) is 0.790. The number of aliphatic imine (C=N–C) groups is 1. The van der Waals surface area contributed by atoms with E-state index in [9.17, 15) is 13.6 Å². The van der Waals surface area contributed by atoms with Gasteiger partial charge in [0, 0.05) is 30.5 Å². The Bertz CT molecular complexity index is 890. The molecule has 0 aromatic carbocycles. The highest BCUT2D eigenvalue weighted by molar-refractivity contribution is 5.73. The fourth-order valence-corrected chi connectivity index (χ4v) is 2.56. The molecular weight excluding hydrogens is 312 g/mol. The molecular formula is C18H21F2N3O. The number of hydrogen-bond acceptors (Lipinski definition) is 3. The van der Waals surface area contributed by atoms with E-state index in [4.69, 9.17) is 0 Å². The first-order valence-electron chi connectivity index (χ1n) is 7.84. The highest BCUT2D eigenvalue weighted by atomic mass is 19.3. The molecule has 2 rings (SSSR count). The van der Waals surface area contributed by atoms with Gasteiger partial charge in [-0.2, -0.15) is 0 Å². The normalized spacial score (nSPS) is 13.2. The van der Waals surface area contributed by atoms with Crippen LogP contribution in [0.2, 0.25) is 0 Å². The molecule has 4 nitrogen and oxygen atoms in total. The van der Waals surface area contributed by atoms with Gasteiger partial charge in [-0.1, -0.05) is 13.0 Å². The molecule has 2 aromatic heterocycles. The first kappa shape index (κ1) is 18.0. The second kappa shape index (κ2) is 6.63. The number of pyridine rings is 1. The third-order valence-corrected chi connectivity index (χ3v) is 3.90. The van der Waals surface area contributed by atoms with Crippen LogP contribution in [0.5, 0.6) is 0 Å². The number of nitrogens with zero attached hydrogens (tertiary/aromatic N) is 3. The summed E-state index contributed by atoms with van der Waals surface area (Å²) < 4.78 is 28.7. The van der Waals surface area contributed by atoms with E-state index in [1.165, 1.54) is 16.7 Å². The van der Waals surface area contributed by atoms with Gasteiger partial charge in [-0.15, -0.1) is 0 Å². The predicted octanol–water partition coefficient (Wildman–Crippen LogP) is 4.13. The molecule has 0 aliphatic carbocycles. The maximum Gasteiger partial charge on any atom is 0.271 e. The van der Waals surface area contributed by atoms with Crippen LogP contribution >= 0.6 is 0 Å². The van der Waals surface area contributed by atoms with Crippen molar-refractivity contribution in [3.8, 4) is 0 Å². The van der Waals surface area contributed by atoms with E-state index in [0.717, 1.165) is 6.92 Å². The lowest BCUT2D eigenvalue weighted by atomic mass is 10.1. The Morgan fingerprint density at radius 1 is 1.42 bits per heavy atom. The molecule has 0 N–H and O–H groups in total. The molecule has 0 aliphatic heterocycles. The van der Waals surface area contributed by atoms with Crippen LogP contribution in [0.25, 0.3) is 11.3 Å². The zero-order chi connectivity index (χ0) is 18.1. The van der Waals surface area contributed by atoms with Crippen LogP contribution in [-0.2, 0) is 12.3 Å². The minimum Gasteiger partial charge on any atom is -0.269 e. The molecule has 0 aliphatic rings. The van der Waals surface area contributed by atoms with Crippen LogP contribution in [0.15, 0.2) is 28.1 Å². The topological polar surface area (TPSA) is 46.7 Å². The van der Waals surface area contributed by atoms with Crippen LogP contribution < -0.4 is 5.56 Å². The summed E-state index contributed by atoms with van der Waals surface area (Å²) in [5, 5.41) is 0. The molecule has 128 valence electrons. The maximum atomic E-state index is 13.7. The summed E-state index contributed by atoms with van der Waals surface area (Å²) in [7, 11) is 0. The number of aromatic nitrogens is 2. The predicted molar refractivity (Wildman–Crippen MR) is 93.0 cm³/mol. The van der Waals surface area contributed by atoms with E-state index in [2.05, 4.69) is 9.98 Å².